The van der Waals surface area contributed by atoms with Crippen molar-refractivity contribution in [3.05, 3.63) is 83.7 Å². The first kappa shape index (κ1) is 23.9. The first-order valence-electron chi connectivity index (χ1n) is 11.3. The van der Waals surface area contributed by atoms with Gasteiger partial charge >= 0.3 is 0 Å². The number of hydrogen-bond acceptors (Lipinski definition) is 4. The predicted octanol–water partition coefficient (Wildman–Crippen LogP) is 5.36. The third-order valence-electron chi connectivity index (χ3n) is 5.84. The summed E-state index contributed by atoms with van der Waals surface area (Å²) in [5, 5.41) is 5.83. The quantitative estimate of drug-likeness (QED) is 0.354. The minimum atomic E-state index is -0.675. The number of benzene rings is 3. The summed E-state index contributed by atoms with van der Waals surface area (Å²) in [5.74, 6) is -0.709. The van der Waals surface area contributed by atoms with Crippen molar-refractivity contribution in [1.29, 1.82) is 0 Å². The van der Waals surface area contributed by atoms with Crippen LogP contribution < -0.4 is 10.6 Å². The summed E-state index contributed by atoms with van der Waals surface area (Å²) in [5.41, 5.74) is 3.57. The fourth-order valence-electron chi connectivity index (χ4n) is 3.94. The molecule has 0 radical (unpaired) electrons. The number of hydrogen-bond donors (Lipinski definition) is 2. The van der Waals surface area contributed by atoms with Gasteiger partial charge in [0.15, 0.2) is 5.78 Å². The maximum atomic E-state index is 13.4. The van der Waals surface area contributed by atoms with Gasteiger partial charge in [0.2, 0.25) is 5.91 Å². The minimum absolute atomic E-state index is 0.0865. The highest BCUT2D eigenvalue weighted by atomic mass is 19.1. The molecule has 0 unspecified atom stereocenters. The maximum Gasteiger partial charge on any atom is 0.251 e. The van der Waals surface area contributed by atoms with Crippen LogP contribution in [0, 0.1) is 5.82 Å². The number of ketones is 1. The van der Waals surface area contributed by atoms with E-state index in [1.807, 2.05) is 18.2 Å². The fourth-order valence-corrected chi connectivity index (χ4v) is 3.94. The van der Waals surface area contributed by atoms with Gasteiger partial charge in [-0.1, -0.05) is 25.1 Å². The highest BCUT2D eigenvalue weighted by Gasteiger charge is 2.22. The van der Waals surface area contributed by atoms with E-state index in [4.69, 9.17) is 4.42 Å². The van der Waals surface area contributed by atoms with Gasteiger partial charge in [0, 0.05) is 30.0 Å². The van der Waals surface area contributed by atoms with Crippen molar-refractivity contribution in [2.45, 2.75) is 26.3 Å². The van der Waals surface area contributed by atoms with E-state index in [2.05, 4.69) is 10.6 Å². The van der Waals surface area contributed by atoms with E-state index in [-0.39, 0.29) is 29.8 Å². The summed E-state index contributed by atoms with van der Waals surface area (Å²) in [4.78, 5) is 37.3. The lowest BCUT2D eigenvalue weighted by molar-refractivity contribution is -0.122. The Morgan fingerprint density at radius 2 is 1.63 bits per heavy atom. The topological polar surface area (TPSA) is 88.4 Å². The van der Waals surface area contributed by atoms with Crippen LogP contribution in [0.15, 0.2) is 71.1 Å². The summed E-state index contributed by atoms with van der Waals surface area (Å²) in [6.07, 6.45) is 0.284. The van der Waals surface area contributed by atoms with Crippen molar-refractivity contribution >= 4 is 28.6 Å². The lowest BCUT2D eigenvalue weighted by Gasteiger charge is -2.13. The molecule has 0 aliphatic rings. The first-order chi connectivity index (χ1) is 16.8. The summed E-state index contributed by atoms with van der Waals surface area (Å²) < 4.78 is 19.5. The van der Waals surface area contributed by atoms with E-state index in [1.165, 1.54) is 19.2 Å². The van der Waals surface area contributed by atoms with Crippen LogP contribution in [0.4, 0.5) is 4.39 Å². The zero-order chi connectivity index (χ0) is 25.1. The third-order valence-corrected chi connectivity index (χ3v) is 5.84. The second-order valence-electron chi connectivity index (χ2n) is 8.19. The average Bonchev–Trinajstić information content (AvgIpc) is 3.26. The number of furan rings is 1. The molecule has 0 bridgehead atoms. The number of fused-ring (bicyclic) bond motifs is 1. The summed E-state index contributed by atoms with van der Waals surface area (Å²) in [6, 6.07) is 17.7. The van der Waals surface area contributed by atoms with Gasteiger partial charge in [0.05, 0.1) is 5.56 Å². The standard InChI is InChI=1S/C28H25FN2O4/c1-4-23(32)25-22-15-19(10-13-24(22)35-26(25)17-8-11-21(29)12-9-17)18-6-5-7-20(14-18)28(34)31-16(2)27(33)30-3/h5-16H,4H2,1-3H3,(H,30,33)(H,31,34)/t16-/m0/s1. The molecule has 7 heteroatoms. The Balaban J connectivity index is 1.75. The normalized spacial score (nSPS) is 11.8. The molecule has 4 rings (SSSR count). The molecule has 0 saturated carbocycles. The van der Waals surface area contributed by atoms with E-state index in [0.29, 0.717) is 33.4 Å². The SMILES string of the molecule is CCC(=O)c1c(-c2ccc(F)cc2)oc2ccc(-c3cccc(C(=O)N[C@@H](C)C(=O)NC)c3)cc12. The van der Waals surface area contributed by atoms with Crippen molar-refractivity contribution in [3.63, 3.8) is 0 Å². The fraction of sp³-hybridized carbons (Fsp3) is 0.179. The average molecular weight is 473 g/mol. The molecule has 1 atom stereocenters. The zero-order valence-electron chi connectivity index (χ0n) is 19.6. The van der Waals surface area contributed by atoms with E-state index < -0.39 is 6.04 Å². The summed E-state index contributed by atoms with van der Waals surface area (Å²) >= 11 is 0. The molecule has 35 heavy (non-hydrogen) atoms. The zero-order valence-corrected chi connectivity index (χ0v) is 19.6. The van der Waals surface area contributed by atoms with E-state index >= 15 is 0 Å². The monoisotopic (exact) mass is 472 g/mol. The van der Waals surface area contributed by atoms with Gasteiger partial charge in [0.1, 0.15) is 23.2 Å². The van der Waals surface area contributed by atoms with Gasteiger partial charge < -0.3 is 15.1 Å². The van der Waals surface area contributed by atoms with Crippen LogP contribution in [0.1, 0.15) is 41.0 Å². The maximum absolute atomic E-state index is 13.4. The van der Waals surface area contributed by atoms with Gasteiger partial charge in [-0.3, -0.25) is 14.4 Å². The Morgan fingerprint density at radius 1 is 0.943 bits per heavy atom. The molecule has 0 fully saturated rings. The van der Waals surface area contributed by atoms with Crippen LogP contribution >= 0.6 is 0 Å². The smallest absolute Gasteiger partial charge is 0.251 e. The number of Topliss-reactive ketones (excluding diaryl/α,β-unsaturated/α-hetero) is 1. The molecule has 1 aromatic heterocycles. The van der Waals surface area contributed by atoms with Gasteiger partial charge in [-0.15, -0.1) is 0 Å². The second-order valence-corrected chi connectivity index (χ2v) is 8.19. The molecule has 2 amide bonds. The molecule has 2 N–H and O–H groups in total. The van der Waals surface area contributed by atoms with Crippen molar-refractivity contribution in [2.75, 3.05) is 7.05 Å². The molecule has 1 heterocycles. The number of halogens is 1. The molecule has 178 valence electrons. The van der Waals surface area contributed by atoms with Crippen LogP contribution in [-0.4, -0.2) is 30.7 Å². The Kier molecular flexibility index (Phi) is 6.78. The van der Waals surface area contributed by atoms with E-state index in [9.17, 15) is 18.8 Å². The molecule has 0 spiro atoms. The molecular weight excluding hydrogens is 447 g/mol. The van der Waals surface area contributed by atoms with Crippen molar-refractivity contribution in [3.8, 4) is 22.5 Å². The third kappa shape index (κ3) is 4.84. The van der Waals surface area contributed by atoms with Gasteiger partial charge in [-0.25, -0.2) is 4.39 Å². The van der Waals surface area contributed by atoms with Crippen LogP contribution in [0.25, 0.3) is 33.4 Å². The van der Waals surface area contributed by atoms with Crippen LogP contribution in [-0.2, 0) is 4.79 Å². The van der Waals surface area contributed by atoms with Crippen LogP contribution in [0.5, 0.6) is 0 Å². The summed E-state index contributed by atoms with van der Waals surface area (Å²) in [7, 11) is 1.51. The Hall–Kier alpha value is -4.26. The number of amides is 2. The minimum Gasteiger partial charge on any atom is -0.455 e. The second kappa shape index (κ2) is 9.93. The Bertz CT molecular complexity index is 1420. The number of rotatable bonds is 7. The predicted molar refractivity (Wildman–Crippen MR) is 133 cm³/mol. The number of carbonyl (C=O) groups is 3. The number of carbonyl (C=O) groups excluding carboxylic acids is 3. The molecule has 0 aliphatic carbocycles. The number of nitrogens with one attached hydrogen (secondary N) is 2. The van der Waals surface area contributed by atoms with E-state index in [0.717, 1.165) is 11.1 Å². The van der Waals surface area contributed by atoms with E-state index in [1.54, 1.807) is 50.2 Å². The van der Waals surface area contributed by atoms with Gasteiger partial charge in [-0.05, 0) is 66.6 Å². The van der Waals surface area contributed by atoms with Crippen LogP contribution in [0.3, 0.4) is 0 Å². The van der Waals surface area contributed by atoms with Crippen molar-refractivity contribution in [2.24, 2.45) is 0 Å². The first-order valence-corrected chi connectivity index (χ1v) is 11.3. The highest BCUT2D eigenvalue weighted by Crippen LogP contribution is 2.37. The van der Waals surface area contributed by atoms with Crippen molar-refractivity contribution < 1.29 is 23.2 Å². The lowest BCUT2D eigenvalue weighted by atomic mass is 9.97. The Morgan fingerprint density at radius 3 is 2.31 bits per heavy atom. The molecule has 0 aliphatic heterocycles. The molecule has 4 aromatic rings. The van der Waals surface area contributed by atoms with Crippen molar-refractivity contribution in [1.82, 2.24) is 10.6 Å². The van der Waals surface area contributed by atoms with Crippen LogP contribution in [0.2, 0.25) is 0 Å². The molecule has 6 nitrogen and oxygen atoms in total. The molecule has 0 saturated heterocycles. The van der Waals surface area contributed by atoms with Gasteiger partial charge in [0.25, 0.3) is 5.91 Å². The summed E-state index contributed by atoms with van der Waals surface area (Å²) in [6.45, 7) is 3.39. The number of likely N-dealkylation sites (N-methyl/N-ethyl adjacent to an activating group) is 1. The highest BCUT2D eigenvalue weighted by molar-refractivity contribution is 6.12. The van der Waals surface area contributed by atoms with Gasteiger partial charge in [-0.2, -0.15) is 0 Å². The molecular formula is C28H25FN2O4. The molecule has 3 aromatic carbocycles. The lowest BCUT2D eigenvalue weighted by Crippen LogP contribution is -2.43. The Labute approximate surface area is 202 Å². The largest absolute Gasteiger partial charge is 0.455 e.